The molecule has 258 valence electrons. The number of nitrogens with one attached hydrogen (secondary N) is 6. The van der Waals surface area contributed by atoms with E-state index in [-0.39, 0.29) is 42.9 Å². The Hall–Kier alpha value is -0.760. The number of piperazine rings is 1. The topological polar surface area (TPSA) is 162 Å². The Morgan fingerprint density at radius 3 is 2.44 bits per heavy atom. The van der Waals surface area contributed by atoms with Gasteiger partial charge >= 0.3 is 0 Å². The number of sulfone groups is 1. The molecular weight excluding hydrogens is 630 g/mol. The fourth-order valence-corrected chi connectivity index (χ4v) is 12.7. The van der Waals surface area contributed by atoms with Gasteiger partial charge in [0.15, 0.2) is 16.0 Å². The SMILES string of the molecule is COC1C(NC2CC(C)NN2)NC(SC2CCC(S(=O)(=O)C3(C4CCCC([N+](=O)[O-])C4F)CC3)CC2F)NC1N1CCNCC1. The van der Waals surface area contributed by atoms with Crippen LogP contribution < -0.4 is 32.1 Å². The second-order valence-electron chi connectivity index (χ2n) is 13.8. The second-order valence-corrected chi connectivity index (χ2v) is 17.8. The quantitative estimate of drug-likeness (QED) is 0.140. The number of ether oxygens (including phenoxy) is 1. The standard InChI is InChI=1S/C28H50F2N8O5S2/c1-16-14-22(36-35-16)32-25-24(43-2)26(37-12-10-31-11-13-37)34-27(33-25)44-21-7-6-17(15-19(21)29)45(41,42)28(8-9-28)18-4-3-5-20(23(18)30)38(39)40/h16-27,31-36H,3-15H2,1-2H3. The van der Waals surface area contributed by atoms with Gasteiger partial charge in [-0.2, -0.15) is 0 Å². The van der Waals surface area contributed by atoms with Gasteiger partial charge in [0.2, 0.25) is 6.04 Å². The highest BCUT2D eigenvalue weighted by atomic mass is 32.2. The van der Waals surface area contributed by atoms with Gasteiger partial charge in [-0.15, -0.1) is 11.8 Å². The summed E-state index contributed by atoms with van der Waals surface area (Å²) < 4.78 is 64.0. The molecule has 0 aromatic carbocycles. The Labute approximate surface area is 268 Å². The Bertz CT molecular complexity index is 1150. The summed E-state index contributed by atoms with van der Waals surface area (Å²) in [5.74, 6) is -0.889. The van der Waals surface area contributed by atoms with Gasteiger partial charge in [0.25, 0.3) is 0 Å². The molecule has 12 unspecified atom stereocenters. The number of nitrogens with zero attached hydrogens (tertiary/aromatic N) is 2. The summed E-state index contributed by atoms with van der Waals surface area (Å²) in [7, 11) is -2.17. The Balaban J connectivity index is 1.12. The van der Waals surface area contributed by atoms with Crippen molar-refractivity contribution in [3.8, 4) is 0 Å². The van der Waals surface area contributed by atoms with E-state index in [2.05, 4.69) is 43.9 Å². The first-order chi connectivity index (χ1) is 21.5. The Morgan fingerprint density at radius 2 is 1.82 bits per heavy atom. The summed E-state index contributed by atoms with van der Waals surface area (Å²) in [6, 6.07) is -1.05. The highest BCUT2D eigenvalue weighted by Crippen LogP contribution is 2.57. The van der Waals surface area contributed by atoms with Crippen LogP contribution in [0.4, 0.5) is 8.78 Å². The lowest BCUT2D eigenvalue weighted by atomic mass is 9.81. The number of nitro groups is 1. The van der Waals surface area contributed by atoms with Crippen molar-refractivity contribution in [2.24, 2.45) is 5.92 Å². The molecule has 3 aliphatic carbocycles. The van der Waals surface area contributed by atoms with Crippen molar-refractivity contribution in [1.82, 2.24) is 37.0 Å². The van der Waals surface area contributed by atoms with Crippen LogP contribution in [0.5, 0.6) is 0 Å². The van der Waals surface area contributed by atoms with E-state index < -0.39 is 54.3 Å². The van der Waals surface area contributed by atoms with Crippen molar-refractivity contribution in [1.29, 1.82) is 0 Å². The zero-order valence-corrected chi connectivity index (χ0v) is 27.8. The molecule has 0 spiro atoms. The van der Waals surface area contributed by atoms with Crippen molar-refractivity contribution in [2.75, 3.05) is 33.3 Å². The maximum Gasteiger partial charge on any atom is 0.244 e. The Morgan fingerprint density at radius 1 is 1.07 bits per heavy atom. The van der Waals surface area contributed by atoms with Gasteiger partial charge in [-0.3, -0.25) is 36.4 Å². The molecule has 17 heteroatoms. The summed E-state index contributed by atoms with van der Waals surface area (Å²) in [6.45, 7) is 5.54. The molecule has 3 aliphatic heterocycles. The minimum atomic E-state index is -3.88. The molecule has 6 fully saturated rings. The third-order valence-corrected chi connectivity index (χ3v) is 15.6. The molecule has 0 amide bonds. The number of hydrogen-bond donors (Lipinski definition) is 6. The maximum absolute atomic E-state index is 16.0. The molecule has 6 rings (SSSR count). The van der Waals surface area contributed by atoms with Crippen molar-refractivity contribution >= 4 is 21.6 Å². The van der Waals surface area contributed by atoms with Crippen LogP contribution in [0.2, 0.25) is 0 Å². The second kappa shape index (κ2) is 14.0. The summed E-state index contributed by atoms with van der Waals surface area (Å²) >= 11 is 1.46. The van der Waals surface area contributed by atoms with Crippen molar-refractivity contribution in [3.05, 3.63) is 10.1 Å². The predicted molar refractivity (Wildman–Crippen MR) is 168 cm³/mol. The summed E-state index contributed by atoms with van der Waals surface area (Å²) in [4.78, 5) is 13.2. The summed E-state index contributed by atoms with van der Waals surface area (Å²) in [5.41, 5.74) is 6.22. The molecular formula is C28H50F2N8O5S2. The van der Waals surface area contributed by atoms with Gasteiger partial charge in [-0.05, 0) is 58.3 Å². The molecule has 13 nitrogen and oxygen atoms in total. The van der Waals surface area contributed by atoms with Gasteiger partial charge in [-0.1, -0.05) is 0 Å². The van der Waals surface area contributed by atoms with Gasteiger partial charge < -0.3 is 10.1 Å². The van der Waals surface area contributed by atoms with E-state index in [1.165, 1.54) is 11.8 Å². The lowest BCUT2D eigenvalue weighted by Gasteiger charge is -2.49. The van der Waals surface area contributed by atoms with Gasteiger partial charge in [-0.25, -0.2) is 22.6 Å². The van der Waals surface area contributed by atoms with Crippen LogP contribution in [-0.4, -0.2) is 121 Å². The molecule has 0 bridgehead atoms. The number of hydrazine groups is 1. The lowest BCUT2D eigenvalue weighted by molar-refractivity contribution is -0.536. The minimum absolute atomic E-state index is 0.0283. The van der Waals surface area contributed by atoms with Crippen LogP contribution in [0.25, 0.3) is 0 Å². The van der Waals surface area contributed by atoms with E-state index in [1.54, 1.807) is 7.11 Å². The van der Waals surface area contributed by atoms with Gasteiger partial charge in [0.05, 0.1) is 28.5 Å². The molecule has 3 heterocycles. The number of halogens is 2. The monoisotopic (exact) mass is 680 g/mol. The molecule has 0 aromatic rings. The largest absolute Gasteiger partial charge is 0.375 e. The number of rotatable bonds is 10. The molecule has 0 aromatic heterocycles. The zero-order valence-electron chi connectivity index (χ0n) is 26.1. The van der Waals surface area contributed by atoms with Crippen LogP contribution in [0.3, 0.4) is 0 Å². The fraction of sp³-hybridized carbons (Fsp3) is 1.00. The molecule has 3 saturated carbocycles. The van der Waals surface area contributed by atoms with Gasteiger partial charge in [0.1, 0.15) is 17.8 Å². The van der Waals surface area contributed by atoms with E-state index in [0.717, 1.165) is 32.6 Å². The van der Waals surface area contributed by atoms with E-state index >= 15 is 8.78 Å². The van der Waals surface area contributed by atoms with E-state index in [0.29, 0.717) is 44.6 Å². The molecule has 3 saturated heterocycles. The number of thioether (sulfide) groups is 1. The molecule has 12 atom stereocenters. The highest BCUT2D eigenvalue weighted by molar-refractivity contribution is 8.00. The first-order valence-electron chi connectivity index (χ1n) is 16.6. The maximum atomic E-state index is 16.0. The minimum Gasteiger partial charge on any atom is -0.375 e. The first kappa shape index (κ1) is 34.1. The summed E-state index contributed by atoms with van der Waals surface area (Å²) in [6.07, 6.45) is -0.737. The van der Waals surface area contributed by atoms with Crippen molar-refractivity contribution in [3.63, 3.8) is 0 Å². The smallest absolute Gasteiger partial charge is 0.244 e. The molecule has 45 heavy (non-hydrogen) atoms. The van der Waals surface area contributed by atoms with Crippen LogP contribution in [0.15, 0.2) is 0 Å². The van der Waals surface area contributed by atoms with Crippen LogP contribution in [0, 0.1) is 16.0 Å². The number of alkyl halides is 2. The third-order valence-electron chi connectivity index (χ3n) is 11.0. The average molecular weight is 681 g/mol. The first-order valence-corrected chi connectivity index (χ1v) is 19.1. The highest BCUT2D eigenvalue weighted by Gasteiger charge is 2.66. The van der Waals surface area contributed by atoms with Crippen molar-refractivity contribution in [2.45, 2.75) is 134 Å². The lowest BCUT2D eigenvalue weighted by Crippen LogP contribution is -2.75. The van der Waals surface area contributed by atoms with Crippen molar-refractivity contribution < 1.29 is 26.9 Å². The van der Waals surface area contributed by atoms with Crippen LogP contribution in [0.1, 0.15) is 64.7 Å². The fourth-order valence-electron chi connectivity index (χ4n) is 8.43. The summed E-state index contributed by atoms with van der Waals surface area (Å²) in [5, 5.41) is 24.4. The van der Waals surface area contributed by atoms with Crippen LogP contribution in [-0.2, 0) is 14.6 Å². The third kappa shape index (κ3) is 6.90. The van der Waals surface area contributed by atoms with Gasteiger partial charge in [0, 0.05) is 61.8 Å². The molecule has 6 N–H and O–H groups in total. The van der Waals surface area contributed by atoms with E-state index in [4.69, 9.17) is 4.74 Å². The van der Waals surface area contributed by atoms with E-state index in [1.807, 2.05) is 0 Å². The zero-order chi connectivity index (χ0) is 31.9. The van der Waals surface area contributed by atoms with Crippen LogP contribution >= 0.6 is 11.8 Å². The number of hydrogen-bond acceptors (Lipinski definition) is 13. The van der Waals surface area contributed by atoms with E-state index in [9.17, 15) is 18.5 Å². The normalized spacial score (nSPS) is 44.4. The number of methoxy groups -OCH3 is 1. The average Bonchev–Trinajstić information content (AvgIpc) is 3.74. The Kier molecular flexibility index (Phi) is 10.6. The molecule has 0 radical (unpaired) electrons. The predicted octanol–water partition coefficient (Wildman–Crippen LogP) is 0.561. The molecule has 6 aliphatic rings.